The molecule has 0 spiro atoms. The molecule has 0 saturated heterocycles. The van der Waals surface area contributed by atoms with Gasteiger partial charge in [0.25, 0.3) is 6.08 Å². The predicted octanol–water partition coefficient (Wildman–Crippen LogP) is 4.23. The van der Waals surface area contributed by atoms with Crippen molar-refractivity contribution < 1.29 is 8.78 Å². The largest absolute Gasteiger partial charge is 0.266 e. The van der Waals surface area contributed by atoms with Crippen molar-refractivity contribution in [3.05, 3.63) is 12.2 Å². The SMILES string of the molecule is CC(C)(C)CC(C)(C)C=C(F)F. The van der Waals surface area contributed by atoms with E-state index in [4.69, 9.17) is 0 Å². The van der Waals surface area contributed by atoms with Crippen molar-refractivity contribution in [1.29, 1.82) is 0 Å². The van der Waals surface area contributed by atoms with Crippen LogP contribution in [0.4, 0.5) is 8.78 Å². The van der Waals surface area contributed by atoms with E-state index in [9.17, 15) is 8.78 Å². The molecular formula is C10H18F2. The lowest BCUT2D eigenvalue weighted by molar-refractivity contribution is 0.252. The molecule has 0 saturated carbocycles. The molecule has 0 atom stereocenters. The van der Waals surface area contributed by atoms with Gasteiger partial charge >= 0.3 is 0 Å². The third kappa shape index (κ3) is 6.32. The van der Waals surface area contributed by atoms with Crippen LogP contribution in [0.2, 0.25) is 0 Å². The normalized spacial score (nSPS) is 12.9. The highest BCUT2D eigenvalue weighted by atomic mass is 19.3. The first kappa shape index (κ1) is 11.6. The first-order valence-corrected chi connectivity index (χ1v) is 4.16. The van der Waals surface area contributed by atoms with Crippen LogP contribution < -0.4 is 0 Å². The van der Waals surface area contributed by atoms with Gasteiger partial charge in [-0.25, -0.2) is 0 Å². The molecule has 0 nitrogen and oxygen atoms in total. The summed E-state index contributed by atoms with van der Waals surface area (Å²) in [6.07, 6.45) is 0.222. The van der Waals surface area contributed by atoms with Crippen LogP contribution in [-0.4, -0.2) is 0 Å². The van der Waals surface area contributed by atoms with Crippen molar-refractivity contribution in [2.24, 2.45) is 10.8 Å². The Morgan fingerprint density at radius 3 is 1.75 bits per heavy atom. The van der Waals surface area contributed by atoms with E-state index in [-0.39, 0.29) is 5.41 Å². The Morgan fingerprint density at radius 1 is 1.08 bits per heavy atom. The van der Waals surface area contributed by atoms with Crippen molar-refractivity contribution in [3.63, 3.8) is 0 Å². The minimum Gasteiger partial charge on any atom is -0.174 e. The van der Waals surface area contributed by atoms with Crippen molar-refractivity contribution in [1.82, 2.24) is 0 Å². The topological polar surface area (TPSA) is 0 Å². The molecule has 0 heterocycles. The third-order valence-electron chi connectivity index (χ3n) is 1.49. The van der Waals surface area contributed by atoms with Crippen LogP contribution in [0.1, 0.15) is 41.0 Å². The number of hydrogen-bond acceptors (Lipinski definition) is 0. The summed E-state index contributed by atoms with van der Waals surface area (Å²) in [5, 5.41) is 0. The number of rotatable bonds is 2. The van der Waals surface area contributed by atoms with Crippen LogP contribution in [0.3, 0.4) is 0 Å². The molecule has 0 rings (SSSR count). The molecule has 0 aliphatic heterocycles. The average Bonchev–Trinajstić information content (AvgIpc) is 1.48. The van der Waals surface area contributed by atoms with Crippen LogP contribution in [0.15, 0.2) is 12.2 Å². The molecule has 0 radical (unpaired) electrons. The smallest absolute Gasteiger partial charge is 0.174 e. The summed E-state index contributed by atoms with van der Waals surface area (Å²) in [5.41, 5.74) is -0.313. The molecule has 0 unspecified atom stereocenters. The van der Waals surface area contributed by atoms with Crippen molar-refractivity contribution >= 4 is 0 Å². The van der Waals surface area contributed by atoms with Crippen LogP contribution in [-0.2, 0) is 0 Å². The summed E-state index contributed by atoms with van der Waals surface area (Å²) >= 11 is 0. The van der Waals surface area contributed by atoms with Gasteiger partial charge in [-0.2, -0.15) is 8.78 Å². The summed E-state index contributed by atoms with van der Waals surface area (Å²) < 4.78 is 23.9. The van der Waals surface area contributed by atoms with E-state index in [1.54, 1.807) is 0 Å². The second kappa shape index (κ2) is 3.55. The van der Waals surface area contributed by atoms with Crippen molar-refractivity contribution in [3.8, 4) is 0 Å². The zero-order valence-electron chi connectivity index (χ0n) is 8.54. The minimum atomic E-state index is -1.58. The zero-order valence-corrected chi connectivity index (χ0v) is 8.54. The van der Waals surface area contributed by atoms with Crippen molar-refractivity contribution in [2.45, 2.75) is 41.0 Å². The molecule has 0 aromatic heterocycles. The second-order valence-corrected chi connectivity index (χ2v) is 5.16. The van der Waals surface area contributed by atoms with Gasteiger partial charge in [0.15, 0.2) is 0 Å². The summed E-state index contributed by atoms with van der Waals surface area (Å²) in [7, 11) is 0. The Bertz CT molecular complexity index is 169. The van der Waals surface area contributed by atoms with Gasteiger partial charge in [-0.05, 0) is 23.3 Å². The van der Waals surface area contributed by atoms with Gasteiger partial charge in [0.1, 0.15) is 0 Å². The Morgan fingerprint density at radius 2 is 1.50 bits per heavy atom. The molecule has 0 aliphatic carbocycles. The Balaban J connectivity index is 4.34. The van der Waals surface area contributed by atoms with Gasteiger partial charge in [-0.3, -0.25) is 0 Å². The zero-order chi connectivity index (χ0) is 9.99. The first-order chi connectivity index (χ1) is 5.12. The highest BCUT2D eigenvalue weighted by molar-refractivity contribution is 4.96. The Kier molecular flexibility index (Phi) is 3.43. The fourth-order valence-electron chi connectivity index (χ4n) is 1.71. The van der Waals surface area contributed by atoms with Crippen LogP contribution in [0.25, 0.3) is 0 Å². The van der Waals surface area contributed by atoms with E-state index < -0.39 is 11.5 Å². The van der Waals surface area contributed by atoms with Crippen LogP contribution in [0, 0.1) is 10.8 Å². The number of hydrogen-bond donors (Lipinski definition) is 0. The number of allylic oxidation sites excluding steroid dienone is 1. The Hall–Kier alpha value is -0.400. The summed E-state index contributed by atoms with van der Waals surface area (Å²) in [4.78, 5) is 0. The average molecular weight is 176 g/mol. The van der Waals surface area contributed by atoms with Crippen LogP contribution >= 0.6 is 0 Å². The quantitative estimate of drug-likeness (QED) is 0.590. The molecule has 0 amide bonds. The first-order valence-electron chi connectivity index (χ1n) is 4.16. The molecule has 0 aromatic rings. The monoisotopic (exact) mass is 176 g/mol. The summed E-state index contributed by atoms with van der Waals surface area (Å²) in [5.74, 6) is 0. The molecule has 0 aliphatic rings. The molecule has 0 aromatic carbocycles. The van der Waals surface area contributed by atoms with Gasteiger partial charge in [0.05, 0.1) is 0 Å². The number of halogens is 2. The highest BCUT2D eigenvalue weighted by Gasteiger charge is 2.24. The van der Waals surface area contributed by atoms with Gasteiger partial charge in [-0.1, -0.05) is 34.6 Å². The standard InChI is InChI=1S/C10H18F2/c1-9(2,3)7-10(4,5)6-8(11)12/h6H,7H2,1-5H3. The maximum Gasteiger partial charge on any atom is 0.266 e. The fraction of sp³-hybridized carbons (Fsp3) is 0.800. The van der Waals surface area contributed by atoms with E-state index in [1.165, 1.54) is 0 Å². The van der Waals surface area contributed by atoms with E-state index >= 15 is 0 Å². The van der Waals surface area contributed by atoms with Crippen molar-refractivity contribution in [2.75, 3.05) is 0 Å². The lowest BCUT2D eigenvalue weighted by atomic mass is 9.76. The highest BCUT2D eigenvalue weighted by Crippen LogP contribution is 2.35. The lowest BCUT2D eigenvalue weighted by Gasteiger charge is -2.29. The van der Waals surface area contributed by atoms with Gasteiger partial charge in [-0.15, -0.1) is 0 Å². The molecule has 0 fully saturated rings. The molecular weight excluding hydrogens is 158 g/mol. The van der Waals surface area contributed by atoms with E-state index in [0.717, 1.165) is 12.5 Å². The van der Waals surface area contributed by atoms with E-state index in [0.29, 0.717) is 0 Å². The molecule has 72 valence electrons. The maximum atomic E-state index is 12.0. The minimum absolute atomic E-state index is 0.0927. The fourth-order valence-corrected chi connectivity index (χ4v) is 1.71. The molecule has 12 heavy (non-hydrogen) atoms. The van der Waals surface area contributed by atoms with Gasteiger partial charge in [0.2, 0.25) is 0 Å². The van der Waals surface area contributed by atoms with Gasteiger partial charge < -0.3 is 0 Å². The maximum absolute atomic E-state index is 12.0. The predicted molar refractivity (Wildman–Crippen MR) is 48.2 cm³/mol. The molecule has 2 heteroatoms. The molecule has 0 bridgehead atoms. The second-order valence-electron chi connectivity index (χ2n) is 5.16. The molecule has 0 N–H and O–H groups in total. The van der Waals surface area contributed by atoms with E-state index in [2.05, 4.69) is 20.8 Å². The van der Waals surface area contributed by atoms with E-state index in [1.807, 2.05) is 13.8 Å². The summed E-state index contributed by atoms with van der Waals surface area (Å²) in [6.45, 7) is 9.82. The lowest BCUT2D eigenvalue weighted by Crippen LogP contribution is -2.18. The van der Waals surface area contributed by atoms with Gasteiger partial charge in [0, 0.05) is 0 Å². The summed E-state index contributed by atoms with van der Waals surface area (Å²) in [6, 6.07) is 0. The van der Waals surface area contributed by atoms with Crippen LogP contribution in [0.5, 0.6) is 0 Å². The third-order valence-corrected chi connectivity index (χ3v) is 1.49. The Labute approximate surface area is 73.7 Å².